The Morgan fingerprint density at radius 2 is 2.12 bits per heavy atom. The van der Waals surface area contributed by atoms with E-state index in [9.17, 15) is 4.39 Å². The first kappa shape index (κ1) is 23.9. The van der Waals surface area contributed by atoms with E-state index in [2.05, 4.69) is 60.1 Å². The molecule has 1 saturated carbocycles. The monoisotopic (exact) mass is 470 g/mol. The van der Waals surface area contributed by atoms with Crippen molar-refractivity contribution in [2.45, 2.75) is 77.7 Å². The van der Waals surface area contributed by atoms with Crippen molar-refractivity contribution in [1.82, 2.24) is 14.9 Å². The van der Waals surface area contributed by atoms with E-state index >= 15 is 0 Å². The zero-order valence-electron chi connectivity index (χ0n) is 20.2. The van der Waals surface area contributed by atoms with E-state index in [1.54, 1.807) is 6.07 Å². The van der Waals surface area contributed by atoms with Crippen LogP contribution in [0.5, 0.6) is 0 Å². The number of halogens is 1. The predicted molar refractivity (Wildman–Crippen MR) is 134 cm³/mol. The summed E-state index contributed by atoms with van der Waals surface area (Å²) in [5.41, 5.74) is 2.63. The van der Waals surface area contributed by atoms with Gasteiger partial charge in [-0.05, 0) is 74.4 Å². The Morgan fingerprint density at radius 3 is 2.85 bits per heavy atom. The zero-order chi connectivity index (χ0) is 23.6. The molecule has 2 aromatic rings. The SMILES string of the molecule is C/C=C(\O/C(=C/CC)C1CCC(c2cc(Nc3cc4c(cc3F)SNC4)n[nH]2)C1)C(C)(C)C. The van der Waals surface area contributed by atoms with Crippen molar-refractivity contribution in [3.05, 3.63) is 58.9 Å². The highest BCUT2D eigenvalue weighted by Crippen LogP contribution is 2.43. The second-order valence-electron chi connectivity index (χ2n) is 9.92. The topological polar surface area (TPSA) is 62.0 Å². The normalized spacial score (nSPS) is 21.4. The third-order valence-electron chi connectivity index (χ3n) is 6.36. The summed E-state index contributed by atoms with van der Waals surface area (Å²) in [6, 6.07) is 5.46. The number of fused-ring (bicyclic) bond motifs is 1. The van der Waals surface area contributed by atoms with Gasteiger partial charge in [0.05, 0.1) is 5.69 Å². The summed E-state index contributed by atoms with van der Waals surface area (Å²) in [5.74, 6) is 3.27. The third-order valence-corrected chi connectivity index (χ3v) is 7.25. The van der Waals surface area contributed by atoms with E-state index in [1.807, 2.05) is 19.1 Å². The summed E-state index contributed by atoms with van der Waals surface area (Å²) < 4.78 is 24.1. The van der Waals surface area contributed by atoms with Crippen LogP contribution in [-0.2, 0) is 11.3 Å². The highest BCUT2D eigenvalue weighted by atomic mass is 32.2. The molecule has 7 heteroatoms. The summed E-state index contributed by atoms with van der Waals surface area (Å²) in [6.07, 6.45) is 8.44. The van der Waals surface area contributed by atoms with Crippen LogP contribution in [0.15, 0.2) is 46.8 Å². The molecule has 0 saturated heterocycles. The largest absolute Gasteiger partial charge is 0.466 e. The van der Waals surface area contributed by atoms with Gasteiger partial charge in [0, 0.05) is 40.5 Å². The van der Waals surface area contributed by atoms with Gasteiger partial charge >= 0.3 is 0 Å². The Balaban J connectivity index is 1.43. The van der Waals surface area contributed by atoms with Gasteiger partial charge in [0.15, 0.2) is 5.82 Å². The molecule has 1 aliphatic carbocycles. The lowest BCUT2D eigenvalue weighted by Gasteiger charge is -2.26. The number of allylic oxidation sites excluding steroid dienone is 4. The van der Waals surface area contributed by atoms with E-state index in [-0.39, 0.29) is 11.2 Å². The molecule has 2 unspecified atom stereocenters. The van der Waals surface area contributed by atoms with Gasteiger partial charge in [0.25, 0.3) is 0 Å². The van der Waals surface area contributed by atoms with Crippen molar-refractivity contribution in [2.75, 3.05) is 5.32 Å². The lowest BCUT2D eigenvalue weighted by Crippen LogP contribution is -2.15. The number of anilines is 2. The van der Waals surface area contributed by atoms with Crippen molar-refractivity contribution >= 4 is 23.5 Å². The summed E-state index contributed by atoms with van der Waals surface area (Å²) in [7, 11) is 0. The molecule has 1 aliphatic heterocycles. The van der Waals surface area contributed by atoms with Gasteiger partial charge in [-0.3, -0.25) is 9.82 Å². The molecular formula is C26H35FN4OS. The number of nitrogens with zero attached hydrogens (tertiary/aromatic N) is 1. The van der Waals surface area contributed by atoms with Gasteiger partial charge in [-0.15, -0.1) is 0 Å². The molecule has 2 aliphatic rings. The third kappa shape index (κ3) is 5.46. The molecule has 5 nitrogen and oxygen atoms in total. The number of rotatable bonds is 7. The average Bonchev–Trinajstić information content (AvgIpc) is 3.51. The summed E-state index contributed by atoms with van der Waals surface area (Å²) in [4.78, 5) is 0.948. The van der Waals surface area contributed by atoms with E-state index in [0.29, 0.717) is 23.3 Å². The van der Waals surface area contributed by atoms with Crippen molar-refractivity contribution in [1.29, 1.82) is 0 Å². The van der Waals surface area contributed by atoms with E-state index in [0.717, 1.165) is 59.9 Å². The van der Waals surface area contributed by atoms with Crippen LogP contribution in [0.3, 0.4) is 0 Å². The summed E-state index contributed by atoms with van der Waals surface area (Å²) in [6.45, 7) is 11.5. The fraction of sp³-hybridized carbons (Fsp3) is 0.500. The molecule has 0 spiro atoms. The Morgan fingerprint density at radius 1 is 1.30 bits per heavy atom. The second kappa shape index (κ2) is 9.94. The van der Waals surface area contributed by atoms with Gasteiger partial charge in [0.2, 0.25) is 0 Å². The maximum atomic E-state index is 14.5. The molecule has 33 heavy (non-hydrogen) atoms. The van der Waals surface area contributed by atoms with Crippen LogP contribution in [0, 0.1) is 17.2 Å². The molecule has 2 heterocycles. The van der Waals surface area contributed by atoms with E-state index < -0.39 is 0 Å². The molecule has 1 aromatic carbocycles. The molecule has 178 valence electrons. The van der Waals surface area contributed by atoms with Crippen molar-refractivity contribution in [3.63, 3.8) is 0 Å². The van der Waals surface area contributed by atoms with Crippen LogP contribution in [-0.4, -0.2) is 10.2 Å². The zero-order valence-corrected chi connectivity index (χ0v) is 21.0. The number of aromatic amines is 1. The number of H-pyrrole nitrogens is 1. The molecular weight excluding hydrogens is 435 g/mol. The summed E-state index contributed by atoms with van der Waals surface area (Å²) >= 11 is 1.47. The Kier molecular flexibility index (Phi) is 7.19. The fourth-order valence-corrected chi connectivity index (χ4v) is 5.46. The maximum Gasteiger partial charge on any atom is 0.152 e. The number of aromatic nitrogens is 2. The Bertz CT molecular complexity index is 1050. The molecule has 1 aromatic heterocycles. The van der Waals surface area contributed by atoms with E-state index in [1.165, 1.54) is 11.9 Å². The second-order valence-corrected chi connectivity index (χ2v) is 10.9. The van der Waals surface area contributed by atoms with E-state index in [4.69, 9.17) is 4.74 Å². The van der Waals surface area contributed by atoms with Crippen LogP contribution in [0.2, 0.25) is 0 Å². The average molecular weight is 471 g/mol. The quantitative estimate of drug-likeness (QED) is 0.288. The van der Waals surface area contributed by atoms with Crippen molar-refractivity contribution in [2.24, 2.45) is 11.3 Å². The van der Waals surface area contributed by atoms with Gasteiger partial charge in [-0.25, -0.2) is 4.39 Å². The molecule has 0 amide bonds. The van der Waals surface area contributed by atoms with Gasteiger partial charge in [-0.2, -0.15) is 5.10 Å². The van der Waals surface area contributed by atoms with Crippen LogP contribution in [0.4, 0.5) is 15.9 Å². The standard InChI is InChI=1S/C26H35FN4OS/c1-6-8-22(32-24(7-2)26(3,4)5)17-10-9-16(11-17)20-14-25(31-30-20)29-21-12-18-15-28-33-23(18)13-19(21)27/h7-8,12-14,16-17,28H,6,9-11,15H2,1-5H3,(H2,29,30,31)/b22-8+,24-7-. The molecule has 1 fully saturated rings. The van der Waals surface area contributed by atoms with Gasteiger partial charge in [-0.1, -0.05) is 27.7 Å². The number of hydrogen-bond donors (Lipinski definition) is 3. The molecule has 4 rings (SSSR count). The molecule has 0 radical (unpaired) electrons. The number of benzene rings is 1. The Labute approximate surface area is 200 Å². The smallest absolute Gasteiger partial charge is 0.152 e. The molecule has 3 N–H and O–H groups in total. The minimum atomic E-state index is -0.263. The van der Waals surface area contributed by atoms with Crippen molar-refractivity contribution < 1.29 is 9.13 Å². The maximum absolute atomic E-state index is 14.5. The minimum Gasteiger partial charge on any atom is -0.466 e. The highest BCUT2D eigenvalue weighted by Gasteiger charge is 2.32. The first-order chi connectivity index (χ1) is 15.8. The lowest BCUT2D eigenvalue weighted by atomic mass is 9.93. The Hall–Kier alpha value is -2.25. The fourth-order valence-electron chi connectivity index (χ4n) is 4.66. The first-order valence-electron chi connectivity index (χ1n) is 11.9. The van der Waals surface area contributed by atoms with Crippen molar-refractivity contribution in [3.8, 4) is 0 Å². The van der Waals surface area contributed by atoms with Crippen LogP contribution in [0.1, 0.15) is 77.5 Å². The molecule has 0 bridgehead atoms. The minimum absolute atomic E-state index is 0.0227. The molecule has 2 atom stereocenters. The summed E-state index contributed by atoms with van der Waals surface area (Å²) in [5, 5.41) is 10.7. The number of ether oxygens (including phenoxy) is 1. The van der Waals surface area contributed by atoms with Crippen LogP contribution in [0.25, 0.3) is 0 Å². The van der Waals surface area contributed by atoms with Gasteiger partial charge < -0.3 is 10.1 Å². The lowest BCUT2D eigenvalue weighted by molar-refractivity contribution is 0.186. The van der Waals surface area contributed by atoms with Gasteiger partial charge in [0.1, 0.15) is 17.3 Å². The predicted octanol–water partition coefficient (Wildman–Crippen LogP) is 7.55. The number of nitrogens with one attached hydrogen (secondary N) is 3. The van der Waals surface area contributed by atoms with Crippen LogP contribution >= 0.6 is 11.9 Å². The highest BCUT2D eigenvalue weighted by molar-refractivity contribution is 7.97. The van der Waals surface area contributed by atoms with Crippen LogP contribution < -0.4 is 10.0 Å². The number of hydrogen-bond acceptors (Lipinski definition) is 5. The first-order valence-corrected chi connectivity index (χ1v) is 12.7.